The molecule has 0 unspecified atom stereocenters. The number of esters is 1. The van der Waals surface area contributed by atoms with Gasteiger partial charge in [-0.3, -0.25) is 10.1 Å². The molecule has 0 radical (unpaired) electrons. The molecule has 7 nitrogen and oxygen atoms in total. The average Bonchev–Trinajstić information content (AvgIpc) is 3.00. The van der Waals surface area contributed by atoms with E-state index in [0.29, 0.717) is 16.9 Å². The minimum absolute atomic E-state index is 0.0192. The molecule has 0 spiro atoms. The molecule has 1 heterocycles. The van der Waals surface area contributed by atoms with Gasteiger partial charge in [0.2, 0.25) is 5.90 Å². The molecule has 2 aromatic carbocycles. The monoisotopic (exact) mass is 350 g/mol. The van der Waals surface area contributed by atoms with Crippen molar-refractivity contribution in [3.8, 4) is 5.75 Å². The van der Waals surface area contributed by atoms with Gasteiger partial charge >= 0.3 is 5.97 Å². The minimum atomic E-state index is -0.574. The van der Waals surface area contributed by atoms with Gasteiger partial charge in [0.05, 0.1) is 12.0 Å². The van der Waals surface area contributed by atoms with E-state index >= 15 is 0 Å². The van der Waals surface area contributed by atoms with Crippen molar-refractivity contribution < 1.29 is 19.2 Å². The number of para-hydroxylation sites is 1. The first-order valence-electron chi connectivity index (χ1n) is 7.65. The lowest BCUT2D eigenvalue weighted by Crippen LogP contribution is -2.01. The van der Waals surface area contributed by atoms with Crippen LogP contribution in [0.2, 0.25) is 0 Å². The van der Waals surface area contributed by atoms with Gasteiger partial charge in [-0.1, -0.05) is 30.3 Å². The normalized spacial score (nSPS) is 15.2. The van der Waals surface area contributed by atoms with Gasteiger partial charge in [0.1, 0.15) is 5.75 Å². The number of carbonyl (C=O) groups is 1. The second kappa shape index (κ2) is 7.43. The fraction of sp³-hybridized carbons (Fsp3) is 0.0526. The molecule has 0 N–H and O–H groups in total. The molecule has 0 aromatic heterocycles. The summed E-state index contributed by atoms with van der Waals surface area (Å²) in [5.74, 6) is 0.154. The van der Waals surface area contributed by atoms with E-state index in [1.165, 1.54) is 18.2 Å². The van der Waals surface area contributed by atoms with Gasteiger partial charge in [0, 0.05) is 23.8 Å². The predicted molar refractivity (Wildman–Crippen MR) is 96.6 cm³/mol. The lowest BCUT2D eigenvalue weighted by atomic mass is 10.1. The first kappa shape index (κ1) is 17.1. The number of non-ortho nitro benzene ring substituents is 1. The van der Waals surface area contributed by atoms with Crippen LogP contribution in [0.25, 0.3) is 12.2 Å². The third-order valence-corrected chi connectivity index (χ3v) is 3.57. The molecule has 1 aliphatic heterocycles. The first-order valence-corrected chi connectivity index (χ1v) is 7.65. The molecule has 7 heteroatoms. The number of carbonyl (C=O) groups excluding carboxylic acids is 1. The smallest absolute Gasteiger partial charge is 0.363 e. The predicted octanol–water partition coefficient (Wildman–Crippen LogP) is 3.61. The minimum Gasteiger partial charge on any atom is -0.496 e. The van der Waals surface area contributed by atoms with Crippen LogP contribution in [0, 0.1) is 10.1 Å². The summed E-state index contributed by atoms with van der Waals surface area (Å²) in [5, 5.41) is 10.8. The Morgan fingerprint density at radius 1 is 1.15 bits per heavy atom. The van der Waals surface area contributed by atoms with Crippen molar-refractivity contribution in [1.82, 2.24) is 0 Å². The maximum Gasteiger partial charge on any atom is 0.363 e. The average molecular weight is 350 g/mol. The molecule has 0 amide bonds. The summed E-state index contributed by atoms with van der Waals surface area (Å²) in [5.41, 5.74) is 1.43. The van der Waals surface area contributed by atoms with E-state index in [2.05, 4.69) is 4.99 Å². The Balaban J connectivity index is 1.83. The van der Waals surface area contributed by atoms with Gasteiger partial charge in [-0.05, 0) is 23.8 Å². The standard InChI is InChI=1S/C19H14N2O5/c1-25-17-8-3-2-6-14(17)12-16-19(22)26-18(20-16)10-9-13-5-4-7-15(11-13)21(23)24/h2-12H,1H3/b10-9?,16-12+. The number of hydrogen-bond donors (Lipinski definition) is 0. The van der Waals surface area contributed by atoms with E-state index in [1.54, 1.807) is 43.5 Å². The Labute approximate surface area is 149 Å². The van der Waals surface area contributed by atoms with E-state index in [9.17, 15) is 14.9 Å². The summed E-state index contributed by atoms with van der Waals surface area (Å²) in [4.78, 5) is 26.4. The summed E-state index contributed by atoms with van der Waals surface area (Å²) >= 11 is 0. The number of hydrogen-bond acceptors (Lipinski definition) is 6. The van der Waals surface area contributed by atoms with Gasteiger partial charge in [0.15, 0.2) is 5.70 Å². The highest BCUT2D eigenvalue weighted by Crippen LogP contribution is 2.23. The van der Waals surface area contributed by atoms with Crippen LogP contribution >= 0.6 is 0 Å². The first-order chi connectivity index (χ1) is 12.6. The largest absolute Gasteiger partial charge is 0.496 e. The van der Waals surface area contributed by atoms with Crippen LogP contribution in [0.4, 0.5) is 5.69 Å². The number of benzene rings is 2. The van der Waals surface area contributed by atoms with Crippen molar-refractivity contribution in [1.29, 1.82) is 0 Å². The molecule has 0 atom stereocenters. The third kappa shape index (κ3) is 3.84. The number of nitro benzene ring substituents is 1. The molecule has 0 saturated heterocycles. The number of nitrogens with zero attached hydrogens (tertiary/aromatic N) is 2. The Bertz CT molecular complexity index is 960. The van der Waals surface area contributed by atoms with Crippen LogP contribution in [-0.2, 0) is 9.53 Å². The van der Waals surface area contributed by atoms with Crippen molar-refractivity contribution >= 4 is 29.7 Å². The molecule has 0 saturated carbocycles. The van der Waals surface area contributed by atoms with Crippen LogP contribution in [0.15, 0.2) is 65.3 Å². The highest BCUT2D eigenvalue weighted by molar-refractivity contribution is 6.11. The van der Waals surface area contributed by atoms with Crippen molar-refractivity contribution in [2.45, 2.75) is 0 Å². The van der Waals surface area contributed by atoms with Crippen molar-refractivity contribution in [3.63, 3.8) is 0 Å². The fourth-order valence-electron chi connectivity index (χ4n) is 2.34. The summed E-state index contributed by atoms with van der Waals surface area (Å²) in [6.45, 7) is 0. The second-order valence-corrected chi connectivity index (χ2v) is 5.30. The van der Waals surface area contributed by atoms with E-state index in [1.807, 2.05) is 12.1 Å². The zero-order valence-electron chi connectivity index (χ0n) is 13.8. The van der Waals surface area contributed by atoms with Crippen LogP contribution in [-0.4, -0.2) is 23.9 Å². The van der Waals surface area contributed by atoms with E-state index in [-0.39, 0.29) is 17.3 Å². The van der Waals surface area contributed by atoms with Gasteiger partial charge < -0.3 is 9.47 Å². The molecular weight excluding hydrogens is 336 g/mol. The number of rotatable bonds is 5. The highest BCUT2D eigenvalue weighted by atomic mass is 16.6. The Hall–Kier alpha value is -3.74. The molecule has 1 aliphatic rings. The van der Waals surface area contributed by atoms with Gasteiger partial charge in [-0.15, -0.1) is 0 Å². The van der Waals surface area contributed by atoms with Crippen molar-refractivity contribution in [2.24, 2.45) is 4.99 Å². The molecule has 0 bridgehead atoms. The maximum absolute atomic E-state index is 12.0. The number of nitro groups is 1. The van der Waals surface area contributed by atoms with E-state index in [4.69, 9.17) is 9.47 Å². The van der Waals surface area contributed by atoms with Gasteiger partial charge in [0.25, 0.3) is 5.69 Å². The molecule has 0 fully saturated rings. The van der Waals surface area contributed by atoms with Gasteiger partial charge in [-0.25, -0.2) is 9.79 Å². The van der Waals surface area contributed by atoms with Crippen molar-refractivity contribution in [2.75, 3.05) is 7.11 Å². The quantitative estimate of drug-likeness (QED) is 0.355. The SMILES string of the molecule is COc1ccccc1/C=C1/N=C(C=Cc2cccc([N+](=O)[O-])c2)OC1=O. The lowest BCUT2D eigenvalue weighted by Gasteiger charge is -2.03. The Kier molecular flexibility index (Phi) is 4.89. The molecule has 3 rings (SSSR count). The zero-order valence-corrected chi connectivity index (χ0v) is 13.8. The number of aliphatic imine (C=N–C) groups is 1. The summed E-state index contributed by atoms with van der Waals surface area (Å²) in [6, 6.07) is 13.3. The topological polar surface area (TPSA) is 91.0 Å². The second-order valence-electron chi connectivity index (χ2n) is 5.30. The van der Waals surface area contributed by atoms with E-state index < -0.39 is 10.9 Å². The number of ether oxygens (including phenoxy) is 2. The van der Waals surface area contributed by atoms with E-state index in [0.717, 1.165) is 0 Å². The lowest BCUT2D eigenvalue weighted by molar-refractivity contribution is -0.384. The maximum atomic E-state index is 12.0. The molecular formula is C19H14N2O5. The molecule has 2 aromatic rings. The van der Waals surface area contributed by atoms with Crippen LogP contribution < -0.4 is 4.74 Å². The van der Waals surface area contributed by atoms with Crippen LogP contribution in [0.3, 0.4) is 0 Å². The fourth-order valence-corrected chi connectivity index (χ4v) is 2.34. The summed E-state index contributed by atoms with van der Waals surface area (Å²) in [6.07, 6.45) is 4.65. The number of cyclic esters (lactones) is 1. The van der Waals surface area contributed by atoms with Crippen LogP contribution in [0.1, 0.15) is 11.1 Å². The highest BCUT2D eigenvalue weighted by Gasteiger charge is 2.21. The third-order valence-electron chi connectivity index (χ3n) is 3.57. The zero-order chi connectivity index (χ0) is 18.5. The van der Waals surface area contributed by atoms with Gasteiger partial charge in [-0.2, -0.15) is 0 Å². The molecule has 130 valence electrons. The Morgan fingerprint density at radius 3 is 2.73 bits per heavy atom. The molecule has 0 aliphatic carbocycles. The summed E-state index contributed by atoms with van der Waals surface area (Å²) < 4.78 is 10.3. The van der Waals surface area contributed by atoms with Crippen molar-refractivity contribution in [3.05, 3.63) is 81.5 Å². The Morgan fingerprint density at radius 2 is 1.96 bits per heavy atom. The number of methoxy groups -OCH3 is 1. The molecule has 26 heavy (non-hydrogen) atoms. The van der Waals surface area contributed by atoms with Crippen LogP contribution in [0.5, 0.6) is 5.75 Å². The summed E-state index contributed by atoms with van der Waals surface area (Å²) in [7, 11) is 1.54.